The quantitative estimate of drug-likeness (QED) is 0.714. The van der Waals surface area contributed by atoms with Gasteiger partial charge in [0.25, 0.3) is 5.56 Å². The number of pyridine rings is 1. The van der Waals surface area contributed by atoms with Crippen molar-refractivity contribution in [1.82, 2.24) is 9.13 Å². The molecule has 24 heavy (non-hydrogen) atoms. The fourth-order valence-corrected chi connectivity index (χ4v) is 4.26. The van der Waals surface area contributed by atoms with Crippen LogP contribution in [0.25, 0.3) is 10.9 Å². The Morgan fingerprint density at radius 1 is 1.08 bits per heavy atom. The Morgan fingerprint density at radius 2 is 1.83 bits per heavy atom. The van der Waals surface area contributed by atoms with Crippen molar-refractivity contribution in [1.29, 1.82) is 0 Å². The Bertz CT molecular complexity index is 1050. The van der Waals surface area contributed by atoms with Crippen LogP contribution in [0.15, 0.2) is 58.5 Å². The Morgan fingerprint density at radius 3 is 2.58 bits per heavy atom. The third-order valence-corrected chi connectivity index (χ3v) is 5.96. The molecule has 1 aromatic carbocycles. The van der Waals surface area contributed by atoms with Crippen molar-refractivity contribution in [2.45, 2.75) is 24.8 Å². The molecule has 0 saturated heterocycles. The molecule has 0 atom stereocenters. The molecular weight excluding hydrogens is 324 g/mol. The molecule has 0 aliphatic carbocycles. The average molecular weight is 344 g/mol. The van der Waals surface area contributed by atoms with Crippen LogP contribution in [-0.2, 0) is 23.4 Å². The smallest absolute Gasteiger partial charge is 0.275 e. The molecule has 5 nitrogen and oxygen atoms in total. The molecule has 2 heterocycles. The summed E-state index contributed by atoms with van der Waals surface area (Å²) in [4.78, 5) is 12.8. The zero-order valence-electron chi connectivity index (χ0n) is 13.8. The molecule has 6 heteroatoms. The van der Waals surface area contributed by atoms with Gasteiger partial charge in [-0.2, -0.15) is 0 Å². The number of rotatable bonds is 5. The fourth-order valence-electron chi connectivity index (χ4n) is 2.86. The first-order valence-electron chi connectivity index (χ1n) is 7.82. The summed E-state index contributed by atoms with van der Waals surface area (Å²) in [5, 5.41) is 0.895. The van der Waals surface area contributed by atoms with E-state index >= 15 is 0 Å². The molecule has 0 spiro atoms. The Labute approximate surface area is 141 Å². The van der Waals surface area contributed by atoms with Crippen molar-refractivity contribution in [3.63, 3.8) is 0 Å². The number of hydrogen-bond acceptors (Lipinski definition) is 3. The van der Waals surface area contributed by atoms with Crippen LogP contribution in [0.5, 0.6) is 0 Å². The van der Waals surface area contributed by atoms with E-state index in [-0.39, 0.29) is 11.3 Å². The van der Waals surface area contributed by atoms with Gasteiger partial charge in [-0.05, 0) is 43.2 Å². The third kappa shape index (κ3) is 3.14. The van der Waals surface area contributed by atoms with Gasteiger partial charge >= 0.3 is 0 Å². The Balaban J connectivity index is 1.76. The van der Waals surface area contributed by atoms with Crippen LogP contribution in [0.3, 0.4) is 0 Å². The van der Waals surface area contributed by atoms with Crippen LogP contribution >= 0.6 is 0 Å². The molecular formula is C18H20N2O3S. The van der Waals surface area contributed by atoms with Crippen LogP contribution in [0, 0.1) is 6.92 Å². The fraction of sp³-hybridized carbons (Fsp3) is 0.278. The first-order chi connectivity index (χ1) is 11.4. The Kier molecular flexibility index (Phi) is 4.32. The molecule has 0 N–H and O–H groups in total. The molecule has 3 aromatic rings. The predicted molar refractivity (Wildman–Crippen MR) is 95.0 cm³/mol. The van der Waals surface area contributed by atoms with E-state index in [0.717, 1.165) is 10.9 Å². The molecule has 0 amide bonds. The van der Waals surface area contributed by atoms with Gasteiger partial charge in [0, 0.05) is 31.4 Å². The van der Waals surface area contributed by atoms with E-state index in [4.69, 9.17) is 0 Å². The standard InChI is InChI=1S/C18H20N2O3S/c1-14-5-3-6-16(13-14)24(22,23)12-4-9-20-11-8-15-7-10-19(2)17(15)18(20)21/h3,5-8,10-11,13H,4,9,12H2,1-2H3. The molecule has 0 aliphatic rings. The second-order valence-electron chi connectivity index (χ2n) is 6.03. The van der Waals surface area contributed by atoms with Gasteiger partial charge in [0.2, 0.25) is 0 Å². The second kappa shape index (κ2) is 6.28. The van der Waals surface area contributed by atoms with E-state index in [1.807, 2.05) is 38.4 Å². The number of nitrogens with zero attached hydrogens (tertiary/aromatic N) is 2. The van der Waals surface area contributed by atoms with Crippen molar-refractivity contribution in [2.75, 3.05) is 5.75 Å². The summed E-state index contributed by atoms with van der Waals surface area (Å²) in [6.45, 7) is 2.25. The lowest BCUT2D eigenvalue weighted by Crippen LogP contribution is -2.22. The Hall–Kier alpha value is -2.34. The van der Waals surface area contributed by atoms with E-state index in [0.29, 0.717) is 23.4 Å². The monoisotopic (exact) mass is 344 g/mol. The van der Waals surface area contributed by atoms with Crippen molar-refractivity contribution in [3.05, 3.63) is 64.7 Å². The van der Waals surface area contributed by atoms with Crippen LogP contribution in [0.2, 0.25) is 0 Å². The maximum atomic E-state index is 12.5. The number of benzene rings is 1. The highest BCUT2D eigenvalue weighted by molar-refractivity contribution is 7.91. The van der Waals surface area contributed by atoms with Crippen LogP contribution in [0.4, 0.5) is 0 Å². The lowest BCUT2D eigenvalue weighted by atomic mass is 10.2. The van der Waals surface area contributed by atoms with Gasteiger partial charge in [0.05, 0.1) is 10.6 Å². The largest absolute Gasteiger partial charge is 0.346 e. The molecule has 0 radical (unpaired) electrons. The molecule has 126 valence electrons. The first-order valence-corrected chi connectivity index (χ1v) is 9.47. The minimum Gasteiger partial charge on any atom is -0.346 e. The van der Waals surface area contributed by atoms with Gasteiger partial charge in [-0.15, -0.1) is 0 Å². The van der Waals surface area contributed by atoms with Crippen molar-refractivity contribution < 1.29 is 8.42 Å². The maximum absolute atomic E-state index is 12.5. The number of aryl methyl sites for hydroxylation is 3. The van der Waals surface area contributed by atoms with Gasteiger partial charge in [0.1, 0.15) is 5.52 Å². The number of sulfone groups is 1. The lowest BCUT2D eigenvalue weighted by Gasteiger charge is -2.08. The summed E-state index contributed by atoms with van der Waals surface area (Å²) in [6, 6.07) is 10.7. The zero-order chi connectivity index (χ0) is 17.3. The highest BCUT2D eigenvalue weighted by atomic mass is 32.2. The van der Waals surface area contributed by atoms with E-state index < -0.39 is 9.84 Å². The second-order valence-corrected chi connectivity index (χ2v) is 8.14. The molecule has 0 fully saturated rings. The highest BCUT2D eigenvalue weighted by Gasteiger charge is 2.14. The maximum Gasteiger partial charge on any atom is 0.275 e. The molecule has 0 aliphatic heterocycles. The lowest BCUT2D eigenvalue weighted by molar-refractivity contribution is 0.584. The summed E-state index contributed by atoms with van der Waals surface area (Å²) in [5.74, 6) is 0.0219. The van der Waals surface area contributed by atoms with E-state index in [1.54, 1.807) is 33.5 Å². The summed E-state index contributed by atoms with van der Waals surface area (Å²) >= 11 is 0. The van der Waals surface area contributed by atoms with Gasteiger partial charge in [-0.1, -0.05) is 12.1 Å². The average Bonchev–Trinajstić information content (AvgIpc) is 2.91. The van der Waals surface area contributed by atoms with Crippen LogP contribution in [0.1, 0.15) is 12.0 Å². The molecule has 0 saturated carbocycles. The minimum absolute atomic E-state index is 0.0219. The van der Waals surface area contributed by atoms with Gasteiger partial charge < -0.3 is 9.13 Å². The van der Waals surface area contributed by atoms with Crippen LogP contribution < -0.4 is 5.56 Å². The van der Waals surface area contributed by atoms with E-state index in [2.05, 4.69) is 0 Å². The molecule has 2 aromatic heterocycles. The summed E-state index contributed by atoms with van der Waals surface area (Å²) in [5.41, 5.74) is 1.47. The first kappa shape index (κ1) is 16.5. The summed E-state index contributed by atoms with van der Waals surface area (Å²) < 4.78 is 28.2. The summed E-state index contributed by atoms with van der Waals surface area (Å²) in [6.07, 6.45) is 3.97. The molecule has 0 unspecified atom stereocenters. The van der Waals surface area contributed by atoms with Crippen molar-refractivity contribution in [2.24, 2.45) is 7.05 Å². The zero-order valence-corrected chi connectivity index (χ0v) is 14.6. The predicted octanol–water partition coefficient (Wildman–Crippen LogP) is 2.51. The number of fused-ring (bicyclic) bond motifs is 1. The van der Waals surface area contributed by atoms with E-state index in [9.17, 15) is 13.2 Å². The molecule has 3 rings (SSSR count). The van der Waals surface area contributed by atoms with Crippen molar-refractivity contribution >= 4 is 20.7 Å². The molecule has 0 bridgehead atoms. The topological polar surface area (TPSA) is 61.1 Å². The summed E-state index contributed by atoms with van der Waals surface area (Å²) in [7, 11) is -1.50. The van der Waals surface area contributed by atoms with Crippen molar-refractivity contribution in [3.8, 4) is 0 Å². The SMILES string of the molecule is Cc1cccc(S(=O)(=O)CCCn2ccc3ccn(C)c3c2=O)c1. The van der Waals surface area contributed by atoms with Gasteiger partial charge in [-0.25, -0.2) is 8.42 Å². The van der Waals surface area contributed by atoms with Gasteiger partial charge in [0.15, 0.2) is 9.84 Å². The normalized spacial score (nSPS) is 11.9. The van der Waals surface area contributed by atoms with E-state index in [1.165, 1.54) is 0 Å². The van der Waals surface area contributed by atoms with Gasteiger partial charge in [-0.3, -0.25) is 4.79 Å². The minimum atomic E-state index is -3.33. The number of hydrogen-bond donors (Lipinski definition) is 0. The number of aromatic nitrogens is 2. The van der Waals surface area contributed by atoms with Crippen LogP contribution in [-0.4, -0.2) is 23.3 Å². The highest BCUT2D eigenvalue weighted by Crippen LogP contribution is 2.14. The third-order valence-electron chi connectivity index (χ3n) is 4.16.